The van der Waals surface area contributed by atoms with E-state index in [9.17, 15) is 19.8 Å². The largest absolute Gasteiger partial charge is 0.466 e. The molecule has 0 aromatic heterocycles. The highest BCUT2D eigenvalue weighted by Gasteiger charge is 2.42. The minimum Gasteiger partial charge on any atom is -0.466 e. The zero-order valence-corrected chi connectivity index (χ0v) is 18.2. The monoisotopic (exact) mass is 390 g/mol. The standard InChI is InChI=1S/C18H34O7Si/c1-9-10-13(25-26(7,8)18(2,3)4)16(21)15(20)12(17(22)24-6)11-14(19)23-5/h11,13,15-16,20-21H,9-10H2,1-8H3/b12-11-/t13-,15+,16+/m0/s1. The molecule has 0 saturated carbocycles. The Hall–Kier alpha value is -1.22. The number of hydrogen-bond donors (Lipinski definition) is 2. The molecule has 0 aliphatic carbocycles. The Bertz CT molecular complexity index is 508. The van der Waals surface area contributed by atoms with Crippen LogP contribution in [0.25, 0.3) is 0 Å². The topological polar surface area (TPSA) is 102 Å². The molecule has 0 aromatic carbocycles. The van der Waals surface area contributed by atoms with E-state index in [-0.39, 0.29) is 10.6 Å². The molecule has 7 nitrogen and oxygen atoms in total. The molecule has 0 bridgehead atoms. The van der Waals surface area contributed by atoms with Crippen molar-refractivity contribution in [2.45, 2.75) is 77.0 Å². The zero-order chi connectivity index (χ0) is 20.7. The van der Waals surface area contributed by atoms with Crippen LogP contribution < -0.4 is 0 Å². The molecular formula is C18H34O7Si. The third kappa shape index (κ3) is 6.83. The minimum atomic E-state index is -2.22. The van der Waals surface area contributed by atoms with Gasteiger partial charge in [-0.3, -0.25) is 0 Å². The molecule has 2 N–H and O–H groups in total. The first-order valence-electron chi connectivity index (χ1n) is 8.74. The van der Waals surface area contributed by atoms with Crippen LogP contribution >= 0.6 is 0 Å². The molecule has 0 aromatic rings. The molecule has 8 heteroatoms. The van der Waals surface area contributed by atoms with Crippen molar-refractivity contribution in [2.75, 3.05) is 14.2 Å². The molecule has 0 rings (SSSR count). The van der Waals surface area contributed by atoms with Crippen LogP contribution in [0.2, 0.25) is 18.1 Å². The molecule has 0 aliphatic rings. The Morgan fingerprint density at radius 1 is 1.12 bits per heavy atom. The average molecular weight is 391 g/mol. The van der Waals surface area contributed by atoms with E-state index in [4.69, 9.17) is 4.43 Å². The number of carbonyl (C=O) groups excluding carboxylic acids is 2. The predicted octanol–water partition coefficient (Wildman–Crippen LogP) is 2.17. The van der Waals surface area contributed by atoms with Gasteiger partial charge >= 0.3 is 11.9 Å². The van der Waals surface area contributed by atoms with Crippen LogP contribution in [0.1, 0.15) is 40.5 Å². The maximum atomic E-state index is 11.9. The predicted molar refractivity (Wildman–Crippen MR) is 101 cm³/mol. The Morgan fingerprint density at radius 3 is 2.04 bits per heavy atom. The lowest BCUT2D eigenvalue weighted by Gasteiger charge is -2.41. The fraction of sp³-hybridized carbons (Fsp3) is 0.778. The molecule has 0 heterocycles. The first-order valence-corrected chi connectivity index (χ1v) is 11.6. The second-order valence-corrected chi connectivity index (χ2v) is 12.5. The van der Waals surface area contributed by atoms with Gasteiger partial charge in [0.2, 0.25) is 0 Å². The van der Waals surface area contributed by atoms with Gasteiger partial charge in [-0.2, -0.15) is 0 Å². The molecule has 0 radical (unpaired) electrons. The summed E-state index contributed by atoms with van der Waals surface area (Å²) in [4.78, 5) is 23.4. The van der Waals surface area contributed by atoms with Crippen molar-refractivity contribution in [3.05, 3.63) is 11.6 Å². The molecule has 0 saturated heterocycles. The van der Waals surface area contributed by atoms with Crippen LogP contribution in [0, 0.1) is 0 Å². The molecule has 3 atom stereocenters. The van der Waals surface area contributed by atoms with E-state index >= 15 is 0 Å². The molecule has 0 unspecified atom stereocenters. The van der Waals surface area contributed by atoms with Crippen LogP contribution in [-0.4, -0.2) is 63.0 Å². The van der Waals surface area contributed by atoms with Crippen molar-refractivity contribution < 1.29 is 33.7 Å². The molecule has 0 aliphatic heterocycles. The Morgan fingerprint density at radius 2 is 1.65 bits per heavy atom. The Labute approximate surface area is 157 Å². The summed E-state index contributed by atoms with van der Waals surface area (Å²) in [6.07, 6.45) is -1.66. The van der Waals surface area contributed by atoms with Crippen molar-refractivity contribution in [1.82, 2.24) is 0 Å². The van der Waals surface area contributed by atoms with Crippen LogP contribution in [0.15, 0.2) is 11.6 Å². The summed E-state index contributed by atoms with van der Waals surface area (Å²) in [5.41, 5.74) is -0.369. The Balaban J connectivity index is 5.67. The second-order valence-electron chi connectivity index (χ2n) is 7.76. The van der Waals surface area contributed by atoms with Gasteiger partial charge in [0, 0.05) is 6.08 Å². The van der Waals surface area contributed by atoms with Crippen molar-refractivity contribution in [3.8, 4) is 0 Å². The molecule has 0 fully saturated rings. The zero-order valence-electron chi connectivity index (χ0n) is 17.2. The number of methoxy groups -OCH3 is 2. The summed E-state index contributed by atoms with van der Waals surface area (Å²) >= 11 is 0. The van der Waals surface area contributed by atoms with Crippen LogP contribution in [0.5, 0.6) is 0 Å². The molecule has 152 valence electrons. The number of esters is 2. The van der Waals surface area contributed by atoms with Crippen molar-refractivity contribution >= 4 is 20.3 Å². The first-order chi connectivity index (χ1) is 11.8. The van der Waals surface area contributed by atoms with Crippen LogP contribution in [-0.2, 0) is 23.5 Å². The first kappa shape index (κ1) is 24.8. The van der Waals surface area contributed by atoms with Gasteiger partial charge in [0.25, 0.3) is 0 Å². The van der Waals surface area contributed by atoms with Gasteiger partial charge in [-0.15, -0.1) is 0 Å². The number of carbonyl (C=O) groups is 2. The third-order valence-corrected chi connectivity index (χ3v) is 9.25. The highest BCUT2D eigenvalue weighted by Crippen LogP contribution is 2.38. The summed E-state index contributed by atoms with van der Waals surface area (Å²) in [5.74, 6) is -1.74. The second kappa shape index (κ2) is 10.2. The summed E-state index contributed by atoms with van der Waals surface area (Å²) in [5, 5.41) is 21.1. The molecule has 0 spiro atoms. The lowest BCUT2D eigenvalue weighted by atomic mass is 9.97. The van der Waals surface area contributed by atoms with Gasteiger partial charge in [0.1, 0.15) is 12.2 Å². The SMILES string of the molecule is CCC[C@H](O[Si](C)(C)C(C)(C)C)[C@@H](O)[C@H](O)/C(=C/C(=O)OC)C(=O)OC. The Kier molecular flexibility index (Phi) is 9.72. The van der Waals surface area contributed by atoms with Gasteiger partial charge in [0.05, 0.1) is 25.9 Å². The number of hydrogen-bond acceptors (Lipinski definition) is 7. The fourth-order valence-electron chi connectivity index (χ4n) is 2.10. The average Bonchev–Trinajstić information content (AvgIpc) is 2.55. The lowest BCUT2D eigenvalue weighted by molar-refractivity contribution is -0.141. The van der Waals surface area contributed by atoms with Gasteiger partial charge < -0.3 is 24.1 Å². The fourth-order valence-corrected chi connectivity index (χ4v) is 3.46. The summed E-state index contributed by atoms with van der Waals surface area (Å²) in [6, 6.07) is 0. The minimum absolute atomic E-state index is 0.0866. The summed E-state index contributed by atoms with van der Waals surface area (Å²) < 4.78 is 15.4. The highest BCUT2D eigenvalue weighted by molar-refractivity contribution is 6.74. The van der Waals surface area contributed by atoms with Crippen molar-refractivity contribution in [3.63, 3.8) is 0 Å². The number of rotatable bonds is 9. The van der Waals surface area contributed by atoms with Crippen LogP contribution in [0.4, 0.5) is 0 Å². The van der Waals surface area contributed by atoms with Gasteiger partial charge in [-0.05, 0) is 24.6 Å². The highest BCUT2D eigenvalue weighted by atomic mass is 28.4. The van der Waals surface area contributed by atoms with Crippen molar-refractivity contribution in [1.29, 1.82) is 0 Å². The van der Waals surface area contributed by atoms with Gasteiger partial charge in [-0.25, -0.2) is 9.59 Å². The van der Waals surface area contributed by atoms with E-state index in [1.165, 1.54) is 0 Å². The molecule has 26 heavy (non-hydrogen) atoms. The summed E-state index contributed by atoms with van der Waals surface area (Å²) in [7, 11) is 0.0556. The molecule has 0 amide bonds. The summed E-state index contributed by atoms with van der Waals surface area (Å²) in [6.45, 7) is 12.2. The van der Waals surface area contributed by atoms with E-state index in [0.717, 1.165) is 26.7 Å². The van der Waals surface area contributed by atoms with Crippen LogP contribution in [0.3, 0.4) is 0 Å². The normalized spacial score (nSPS) is 16.6. The van der Waals surface area contributed by atoms with E-state index in [1.807, 2.05) is 20.0 Å². The number of aliphatic hydroxyl groups is 2. The maximum absolute atomic E-state index is 11.9. The molecular weight excluding hydrogens is 356 g/mol. The smallest absolute Gasteiger partial charge is 0.336 e. The lowest BCUT2D eigenvalue weighted by Crippen LogP contribution is -2.50. The van der Waals surface area contributed by atoms with Crippen molar-refractivity contribution in [2.24, 2.45) is 0 Å². The van der Waals surface area contributed by atoms with E-state index < -0.39 is 38.6 Å². The van der Waals surface area contributed by atoms with E-state index in [0.29, 0.717) is 6.42 Å². The van der Waals surface area contributed by atoms with Gasteiger partial charge in [-0.1, -0.05) is 34.1 Å². The number of ether oxygens (including phenoxy) is 2. The quantitative estimate of drug-likeness (QED) is 0.353. The third-order valence-electron chi connectivity index (χ3n) is 4.74. The van der Waals surface area contributed by atoms with Gasteiger partial charge in [0.15, 0.2) is 8.32 Å². The maximum Gasteiger partial charge on any atom is 0.336 e. The number of aliphatic hydroxyl groups excluding tert-OH is 2. The van der Waals surface area contributed by atoms with E-state index in [2.05, 4.69) is 30.2 Å². The van der Waals surface area contributed by atoms with E-state index in [1.54, 1.807) is 0 Å².